The summed E-state index contributed by atoms with van der Waals surface area (Å²) in [6.07, 6.45) is 3.49. The van der Waals surface area contributed by atoms with Gasteiger partial charge >= 0.3 is 0 Å². The average Bonchev–Trinajstić information content (AvgIpc) is 2.86. The van der Waals surface area contributed by atoms with Gasteiger partial charge in [-0.15, -0.1) is 0 Å². The lowest BCUT2D eigenvalue weighted by molar-refractivity contribution is 0.647. The number of aromatic amines is 1. The van der Waals surface area contributed by atoms with E-state index in [0.717, 1.165) is 49.1 Å². The molecule has 0 aromatic carbocycles. The van der Waals surface area contributed by atoms with Gasteiger partial charge in [-0.1, -0.05) is 0 Å². The summed E-state index contributed by atoms with van der Waals surface area (Å²) in [5.41, 5.74) is 8.88. The SMILES string of the molecule is Cc1cc(N2CCN(c3ccncc3N)CC2)n[nH]1. The molecule has 0 bridgehead atoms. The predicted molar refractivity (Wildman–Crippen MR) is 76.4 cm³/mol. The van der Waals surface area contributed by atoms with Crippen molar-refractivity contribution < 1.29 is 0 Å². The first kappa shape index (κ1) is 11.8. The van der Waals surface area contributed by atoms with Crippen LogP contribution >= 0.6 is 0 Å². The van der Waals surface area contributed by atoms with Gasteiger partial charge in [0.15, 0.2) is 5.82 Å². The predicted octanol–water partition coefficient (Wildman–Crippen LogP) is 1.02. The number of nitrogens with two attached hydrogens (primary N) is 1. The zero-order valence-electron chi connectivity index (χ0n) is 11.0. The molecule has 0 amide bonds. The maximum Gasteiger partial charge on any atom is 0.150 e. The van der Waals surface area contributed by atoms with Gasteiger partial charge in [0.05, 0.1) is 17.6 Å². The van der Waals surface area contributed by atoms with E-state index in [4.69, 9.17) is 5.73 Å². The van der Waals surface area contributed by atoms with Crippen molar-refractivity contribution in [3.05, 3.63) is 30.2 Å². The highest BCUT2D eigenvalue weighted by atomic mass is 15.3. The second-order valence-electron chi connectivity index (χ2n) is 4.82. The number of H-pyrrole nitrogens is 1. The van der Waals surface area contributed by atoms with Crippen molar-refractivity contribution in [2.24, 2.45) is 0 Å². The van der Waals surface area contributed by atoms with Crippen molar-refractivity contribution in [2.45, 2.75) is 6.92 Å². The van der Waals surface area contributed by atoms with E-state index in [1.165, 1.54) is 0 Å². The summed E-state index contributed by atoms with van der Waals surface area (Å²) in [5, 5.41) is 7.29. The maximum absolute atomic E-state index is 5.97. The zero-order chi connectivity index (χ0) is 13.2. The normalized spacial score (nSPS) is 15.8. The molecule has 1 fully saturated rings. The number of aryl methyl sites for hydroxylation is 1. The number of nitrogens with zero attached hydrogens (tertiary/aromatic N) is 4. The number of rotatable bonds is 2. The third kappa shape index (κ3) is 2.33. The van der Waals surface area contributed by atoms with Gasteiger partial charge in [-0.05, 0) is 13.0 Å². The van der Waals surface area contributed by atoms with Crippen LogP contribution in [0.2, 0.25) is 0 Å². The van der Waals surface area contributed by atoms with Crippen LogP contribution < -0.4 is 15.5 Å². The monoisotopic (exact) mass is 258 g/mol. The van der Waals surface area contributed by atoms with Gasteiger partial charge in [-0.2, -0.15) is 5.10 Å². The quantitative estimate of drug-likeness (QED) is 0.841. The molecule has 19 heavy (non-hydrogen) atoms. The van der Waals surface area contributed by atoms with Crippen LogP contribution in [0.5, 0.6) is 0 Å². The summed E-state index contributed by atoms with van der Waals surface area (Å²) in [5.74, 6) is 1.03. The molecule has 0 aliphatic carbocycles. The summed E-state index contributed by atoms with van der Waals surface area (Å²) >= 11 is 0. The van der Waals surface area contributed by atoms with Gasteiger partial charge < -0.3 is 15.5 Å². The molecule has 3 heterocycles. The molecule has 0 radical (unpaired) electrons. The van der Waals surface area contributed by atoms with Crippen LogP contribution in [0.4, 0.5) is 17.2 Å². The smallest absolute Gasteiger partial charge is 0.150 e. The van der Waals surface area contributed by atoms with E-state index in [9.17, 15) is 0 Å². The number of piperazine rings is 1. The third-order valence-electron chi connectivity index (χ3n) is 3.46. The molecule has 0 unspecified atom stereocenters. The van der Waals surface area contributed by atoms with Gasteiger partial charge in [-0.25, -0.2) is 0 Å². The minimum absolute atomic E-state index is 0.742. The first-order chi connectivity index (χ1) is 9.24. The zero-order valence-corrected chi connectivity index (χ0v) is 11.0. The fourth-order valence-corrected chi connectivity index (χ4v) is 2.43. The standard InChI is InChI=1S/C13H18N6/c1-10-8-13(17-16-10)19-6-4-18(5-7-19)12-2-3-15-9-11(12)14/h2-3,8-9H,4-7,14H2,1H3,(H,16,17). The van der Waals surface area contributed by atoms with Crippen LogP contribution in [0.15, 0.2) is 24.5 Å². The van der Waals surface area contributed by atoms with Gasteiger partial charge in [-0.3, -0.25) is 10.1 Å². The van der Waals surface area contributed by atoms with E-state index in [1.54, 1.807) is 12.4 Å². The highest BCUT2D eigenvalue weighted by Gasteiger charge is 2.20. The summed E-state index contributed by atoms with van der Waals surface area (Å²) in [6, 6.07) is 4.06. The molecular formula is C13H18N6. The minimum atomic E-state index is 0.742. The Kier molecular flexibility index (Phi) is 2.98. The van der Waals surface area contributed by atoms with Crippen molar-refractivity contribution in [3.63, 3.8) is 0 Å². The molecule has 100 valence electrons. The Balaban J connectivity index is 1.68. The Morgan fingerprint density at radius 1 is 1.21 bits per heavy atom. The fourth-order valence-electron chi connectivity index (χ4n) is 2.43. The van der Waals surface area contributed by atoms with Crippen molar-refractivity contribution in [1.29, 1.82) is 0 Å². The summed E-state index contributed by atoms with van der Waals surface area (Å²) < 4.78 is 0. The third-order valence-corrected chi connectivity index (χ3v) is 3.46. The molecule has 6 nitrogen and oxygen atoms in total. The Morgan fingerprint density at radius 3 is 2.58 bits per heavy atom. The molecule has 2 aromatic heterocycles. The second-order valence-corrected chi connectivity index (χ2v) is 4.82. The van der Waals surface area contributed by atoms with Gasteiger partial charge in [0.1, 0.15) is 0 Å². The summed E-state index contributed by atoms with van der Waals surface area (Å²) in [7, 11) is 0. The van der Waals surface area contributed by atoms with Crippen LogP contribution in [-0.2, 0) is 0 Å². The lowest BCUT2D eigenvalue weighted by atomic mass is 10.2. The maximum atomic E-state index is 5.97. The molecule has 2 aromatic rings. The van der Waals surface area contributed by atoms with Crippen molar-refractivity contribution in [2.75, 3.05) is 41.7 Å². The van der Waals surface area contributed by atoms with Crippen LogP contribution in [0.25, 0.3) is 0 Å². The Labute approximate surface area is 112 Å². The Hall–Kier alpha value is -2.24. The van der Waals surface area contributed by atoms with E-state index in [1.807, 2.05) is 13.0 Å². The Morgan fingerprint density at radius 2 is 1.95 bits per heavy atom. The van der Waals surface area contributed by atoms with Crippen LogP contribution in [-0.4, -0.2) is 41.4 Å². The fraction of sp³-hybridized carbons (Fsp3) is 0.385. The average molecular weight is 258 g/mol. The number of pyridine rings is 1. The minimum Gasteiger partial charge on any atom is -0.396 e. The molecule has 0 spiro atoms. The van der Waals surface area contributed by atoms with E-state index in [2.05, 4.69) is 31.0 Å². The number of nitrogen functional groups attached to an aromatic ring is 1. The van der Waals surface area contributed by atoms with Crippen molar-refractivity contribution in [3.8, 4) is 0 Å². The molecule has 1 saturated heterocycles. The topological polar surface area (TPSA) is 74.1 Å². The second kappa shape index (κ2) is 4.79. The molecule has 1 aliphatic rings. The van der Waals surface area contributed by atoms with E-state index < -0.39 is 0 Å². The van der Waals surface area contributed by atoms with E-state index in [-0.39, 0.29) is 0 Å². The molecule has 1 aliphatic heterocycles. The molecule has 0 atom stereocenters. The van der Waals surface area contributed by atoms with Crippen LogP contribution in [0.3, 0.4) is 0 Å². The summed E-state index contributed by atoms with van der Waals surface area (Å²) in [4.78, 5) is 8.62. The number of hydrogen-bond donors (Lipinski definition) is 2. The van der Waals surface area contributed by atoms with Crippen LogP contribution in [0.1, 0.15) is 5.69 Å². The highest BCUT2D eigenvalue weighted by molar-refractivity contribution is 5.66. The summed E-state index contributed by atoms with van der Waals surface area (Å²) in [6.45, 7) is 5.81. The molecule has 6 heteroatoms. The van der Waals surface area contributed by atoms with Gasteiger partial charge in [0.25, 0.3) is 0 Å². The lowest BCUT2D eigenvalue weighted by Crippen LogP contribution is -2.46. The first-order valence-corrected chi connectivity index (χ1v) is 6.45. The molecule has 3 rings (SSSR count). The van der Waals surface area contributed by atoms with Gasteiger partial charge in [0.2, 0.25) is 0 Å². The largest absolute Gasteiger partial charge is 0.396 e. The molecular weight excluding hydrogens is 240 g/mol. The Bertz CT molecular complexity index is 556. The molecule has 0 saturated carbocycles. The number of anilines is 3. The van der Waals surface area contributed by atoms with Crippen LogP contribution in [0, 0.1) is 6.92 Å². The first-order valence-electron chi connectivity index (χ1n) is 6.45. The van der Waals surface area contributed by atoms with Crippen molar-refractivity contribution >= 4 is 17.2 Å². The van der Waals surface area contributed by atoms with E-state index in [0.29, 0.717) is 0 Å². The number of aromatic nitrogens is 3. The van der Waals surface area contributed by atoms with E-state index >= 15 is 0 Å². The highest BCUT2D eigenvalue weighted by Crippen LogP contribution is 2.23. The number of nitrogens with one attached hydrogen (secondary N) is 1. The number of hydrogen-bond acceptors (Lipinski definition) is 5. The lowest BCUT2D eigenvalue weighted by Gasteiger charge is -2.36. The van der Waals surface area contributed by atoms with Gasteiger partial charge in [0, 0.05) is 44.1 Å². The molecule has 3 N–H and O–H groups in total. The van der Waals surface area contributed by atoms with Crippen molar-refractivity contribution in [1.82, 2.24) is 15.2 Å².